The first-order chi connectivity index (χ1) is 12.8. The maximum absolute atomic E-state index is 12.8. The van der Waals surface area contributed by atoms with Crippen LogP contribution in [0, 0.1) is 0 Å². The van der Waals surface area contributed by atoms with E-state index in [2.05, 4.69) is 32.2 Å². The molecule has 1 amide bonds. The first kappa shape index (κ1) is 18.4. The quantitative estimate of drug-likeness (QED) is 0.844. The zero-order valence-electron chi connectivity index (χ0n) is 15.7. The molecular weight excluding hydrogens is 344 g/mol. The molecule has 2 saturated heterocycles. The van der Waals surface area contributed by atoms with Crippen molar-refractivity contribution in [1.82, 2.24) is 20.4 Å². The highest BCUT2D eigenvalue weighted by Crippen LogP contribution is 2.33. The summed E-state index contributed by atoms with van der Waals surface area (Å²) in [5.74, 6) is 3.18. The first-order valence-corrected chi connectivity index (χ1v) is 11.6. The van der Waals surface area contributed by atoms with Crippen molar-refractivity contribution in [3.63, 3.8) is 0 Å². The van der Waals surface area contributed by atoms with E-state index in [9.17, 15) is 4.79 Å². The lowest BCUT2D eigenvalue weighted by molar-refractivity contribution is 0.0885. The molecular formula is C20H32N4OS. The predicted octanol–water partition coefficient (Wildman–Crippen LogP) is 3.55. The zero-order chi connectivity index (χ0) is 17.8. The van der Waals surface area contributed by atoms with Crippen molar-refractivity contribution in [2.24, 2.45) is 0 Å². The average Bonchev–Trinajstić information content (AvgIpc) is 3.20. The number of hydrogen-bond acceptors (Lipinski definition) is 4. The number of carbonyl (C=O) groups is 1. The van der Waals surface area contributed by atoms with E-state index in [0.29, 0.717) is 12.0 Å². The number of aromatic nitrogens is 2. The smallest absolute Gasteiger partial charge is 0.254 e. The molecule has 0 aromatic carbocycles. The summed E-state index contributed by atoms with van der Waals surface area (Å²) in [6, 6.07) is 1.09. The Morgan fingerprint density at radius 1 is 1.08 bits per heavy atom. The maximum atomic E-state index is 12.8. The Morgan fingerprint density at radius 3 is 2.54 bits per heavy atom. The number of rotatable bonds is 4. The van der Waals surface area contributed by atoms with E-state index in [0.717, 1.165) is 43.2 Å². The molecule has 0 atom stereocenters. The molecule has 2 N–H and O–H groups in total. The number of nitrogens with one attached hydrogen (secondary N) is 2. The molecule has 1 aliphatic carbocycles. The van der Waals surface area contributed by atoms with Crippen LogP contribution in [0.4, 0.5) is 0 Å². The Kier molecular flexibility index (Phi) is 6.20. The van der Waals surface area contributed by atoms with Gasteiger partial charge in [-0.2, -0.15) is 16.9 Å². The van der Waals surface area contributed by atoms with Gasteiger partial charge in [0.25, 0.3) is 5.91 Å². The molecule has 0 radical (unpaired) electrons. The second kappa shape index (κ2) is 8.79. The Balaban J connectivity index is 1.30. The molecule has 0 unspecified atom stereocenters. The number of nitrogens with zero attached hydrogens (tertiary/aromatic N) is 2. The number of hydrogen-bond donors (Lipinski definition) is 2. The van der Waals surface area contributed by atoms with Crippen LogP contribution in [-0.2, 0) is 0 Å². The Hall–Kier alpha value is -1.01. The maximum Gasteiger partial charge on any atom is 0.254 e. The molecule has 5 nitrogen and oxygen atoms in total. The van der Waals surface area contributed by atoms with Crippen LogP contribution in [0.1, 0.15) is 79.8 Å². The fourth-order valence-electron chi connectivity index (χ4n) is 4.90. The second-order valence-electron chi connectivity index (χ2n) is 8.16. The van der Waals surface area contributed by atoms with E-state index >= 15 is 0 Å². The minimum absolute atomic E-state index is 0.0758. The molecule has 26 heavy (non-hydrogen) atoms. The van der Waals surface area contributed by atoms with Gasteiger partial charge in [0.05, 0.1) is 17.5 Å². The predicted molar refractivity (Wildman–Crippen MR) is 107 cm³/mol. The lowest BCUT2D eigenvalue weighted by Gasteiger charge is -2.39. The van der Waals surface area contributed by atoms with Crippen molar-refractivity contribution in [1.29, 1.82) is 0 Å². The van der Waals surface area contributed by atoms with Crippen LogP contribution in [0.15, 0.2) is 6.20 Å². The summed E-state index contributed by atoms with van der Waals surface area (Å²) in [5, 5.41) is 10.6. The van der Waals surface area contributed by atoms with Crippen molar-refractivity contribution in [2.45, 2.75) is 75.8 Å². The van der Waals surface area contributed by atoms with E-state index in [1.807, 2.05) is 0 Å². The first-order valence-electron chi connectivity index (χ1n) is 10.5. The highest BCUT2D eigenvalue weighted by Gasteiger charge is 2.29. The van der Waals surface area contributed by atoms with E-state index < -0.39 is 0 Å². The lowest BCUT2D eigenvalue weighted by Crippen LogP contribution is -2.48. The minimum Gasteiger partial charge on any atom is -0.349 e. The van der Waals surface area contributed by atoms with Crippen molar-refractivity contribution in [3.8, 4) is 0 Å². The van der Waals surface area contributed by atoms with E-state index in [-0.39, 0.29) is 5.91 Å². The van der Waals surface area contributed by atoms with Crippen LogP contribution in [0.3, 0.4) is 0 Å². The van der Waals surface area contributed by atoms with E-state index in [4.69, 9.17) is 0 Å². The number of piperidine rings is 1. The molecule has 4 rings (SSSR count). The third-order valence-corrected chi connectivity index (χ3v) is 7.55. The number of H-pyrrole nitrogens is 1. The Labute approximate surface area is 161 Å². The summed E-state index contributed by atoms with van der Waals surface area (Å²) >= 11 is 2.09. The van der Waals surface area contributed by atoms with Gasteiger partial charge in [-0.3, -0.25) is 9.89 Å². The number of thioether (sulfide) groups is 1. The van der Waals surface area contributed by atoms with Crippen LogP contribution in [0.5, 0.6) is 0 Å². The molecule has 0 bridgehead atoms. The summed E-state index contributed by atoms with van der Waals surface area (Å²) < 4.78 is 0. The number of likely N-dealkylation sites (tertiary alicyclic amines) is 1. The standard InChI is InChI=1S/C20H32N4OS/c25-20(18-14-21-23-19(18)15-4-2-1-3-5-15)22-16-6-10-24(11-7-16)17-8-12-26-13-9-17/h14-17H,1-13H2,(H,21,23)(H,22,25). The molecule has 1 saturated carbocycles. The molecule has 0 spiro atoms. The van der Waals surface area contributed by atoms with Crippen LogP contribution in [0.2, 0.25) is 0 Å². The minimum atomic E-state index is 0.0758. The second-order valence-corrected chi connectivity index (χ2v) is 9.38. The lowest BCUT2D eigenvalue weighted by atomic mass is 9.85. The Bertz CT molecular complexity index is 584. The van der Waals surface area contributed by atoms with Crippen molar-refractivity contribution in [3.05, 3.63) is 17.5 Å². The molecule has 6 heteroatoms. The monoisotopic (exact) mass is 376 g/mol. The van der Waals surface area contributed by atoms with Crippen molar-refractivity contribution in [2.75, 3.05) is 24.6 Å². The topological polar surface area (TPSA) is 61.0 Å². The van der Waals surface area contributed by atoms with Gasteiger partial charge in [-0.25, -0.2) is 0 Å². The van der Waals surface area contributed by atoms with Crippen molar-refractivity contribution < 1.29 is 4.79 Å². The molecule has 1 aromatic rings. The molecule has 3 aliphatic rings. The SMILES string of the molecule is O=C(NC1CCN(C2CCSCC2)CC1)c1cn[nH]c1C1CCCCC1. The van der Waals surface area contributed by atoms with Gasteiger partial charge in [-0.1, -0.05) is 19.3 Å². The third-order valence-electron chi connectivity index (χ3n) is 6.50. The summed E-state index contributed by atoms with van der Waals surface area (Å²) in [5.41, 5.74) is 1.85. The summed E-state index contributed by atoms with van der Waals surface area (Å²) in [6.07, 6.45) is 12.8. The van der Waals surface area contributed by atoms with Gasteiger partial charge in [0, 0.05) is 31.1 Å². The number of carbonyl (C=O) groups excluding carboxylic acids is 1. The van der Waals surface area contributed by atoms with Crippen LogP contribution < -0.4 is 5.32 Å². The van der Waals surface area contributed by atoms with E-state index in [1.54, 1.807) is 6.20 Å². The van der Waals surface area contributed by atoms with Crippen molar-refractivity contribution >= 4 is 17.7 Å². The molecule has 3 heterocycles. The van der Waals surface area contributed by atoms with Gasteiger partial charge in [0.2, 0.25) is 0 Å². The average molecular weight is 377 g/mol. The number of aromatic amines is 1. The van der Waals surface area contributed by atoms with Gasteiger partial charge in [0.15, 0.2) is 0 Å². The van der Waals surface area contributed by atoms with Gasteiger partial charge >= 0.3 is 0 Å². The van der Waals surface area contributed by atoms with Gasteiger partial charge < -0.3 is 10.2 Å². The summed E-state index contributed by atoms with van der Waals surface area (Å²) in [6.45, 7) is 2.25. The highest BCUT2D eigenvalue weighted by molar-refractivity contribution is 7.99. The normalized spacial score (nSPS) is 24.6. The fourth-order valence-corrected chi connectivity index (χ4v) is 5.98. The fraction of sp³-hybridized carbons (Fsp3) is 0.800. The molecule has 3 fully saturated rings. The van der Waals surface area contributed by atoms with Gasteiger partial charge in [0.1, 0.15) is 0 Å². The van der Waals surface area contributed by atoms with E-state index in [1.165, 1.54) is 56.5 Å². The number of amides is 1. The van der Waals surface area contributed by atoms with Crippen LogP contribution in [0.25, 0.3) is 0 Å². The summed E-state index contributed by atoms with van der Waals surface area (Å²) in [7, 11) is 0. The molecule has 2 aliphatic heterocycles. The summed E-state index contributed by atoms with van der Waals surface area (Å²) in [4.78, 5) is 15.5. The van der Waals surface area contributed by atoms with Crippen LogP contribution in [-0.4, -0.2) is 57.7 Å². The van der Waals surface area contributed by atoms with Gasteiger partial charge in [-0.15, -0.1) is 0 Å². The zero-order valence-corrected chi connectivity index (χ0v) is 16.5. The third kappa shape index (κ3) is 4.28. The molecule has 144 valence electrons. The highest BCUT2D eigenvalue weighted by atomic mass is 32.2. The largest absolute Gasteiger partial charge is 0.349 e. The Morgan fingerprint density at radius 2 is 1.81 bits per heavy atom. The molecule has 1 aromatic heterocycles. The van der Waals surface area contributed by atoms with Gasteiger partial charge in [-0.05, 0) is 50.0 Å². The van der Waals surface area contributed by atoms with Crippen LogP contribution >= 0.6 is 11.8 Å².